The summed E-state index contributed by atoms with van der Waals surface area (Å²) >= 11 is 0. The number of carbonyl (C=O) groups is 2. The first-order valence-electron chi connectivity index (χ1n) is 7.53. The number of hydrogen-bond donors (Lipinski definition) is 1. The summed E-state index contributed by atoms with van der Waals surface area (Å²) in [4.78, 5) is 24.7. The third-order valence-electron chi connectivity index (χ3n) is 4.18. The largest absolute Gasteiger partial charge is 0.465 e. The summed E-state index contributed by atoms with van der Waals surface area (Å²) in [5.74, 6) is -0.577. The van der Waals surface area contributed by atoms with Gasteiger partial charge in [0.25, 0.3) is 0 Å². The molecule has 0 spiro atoms. The fraction of sp³-hybridized carbons (Fsp3) is 0.529. The van der Waals surface area contributed by atoms with Crippen LogP contribution in [0.4, 0.5) is 0 Å². The molecule has 114 valence electrons. The minimum absolute atomic E-state index is 0.0952. The Morgan fingerprint density at radius 1 is 1.33 bits per heavy atom. The maximum Gasteiger partial charge on any atom is 0.319 e. The van der Waals surface area contributed by atoms with Crippen LogP contribution in [0.15, 0.2) is 30.3 Å². The highest BCUT2D eigenvalue weighted by Gasteiger charge is 2.49. The zero-order chi connectivity index (χ0) is 15.3. The van der Waals surface area contributed by atoms with Crippen LogP contribution in [-0.2, 0) is 14.3 Å². The molecule has 0 heterocycles. The molecule has 0 aromatic heterocycles. The lowest BCUT2D eigenvalue weighted by Crippen LogP contribution is -2.44. The van der Waals surface area contributed by atoms with Crippen molar-refractivity contribution in [1.29, 1.82) is 0 Å². The maximum atomic E-state index is 12.4. The molecule has 1 fully saturated rings. The van der Waals surface area contributed by atoms with Crippen molar-refractivity contribution < 1.29 is 19.4 Å². The quantitative estimate of drug-likeness (QED) is 0.669. The Morgan fingerprint density at radius 2 is 2.05 bits per heavy atom. The third kappa shape index (κ3) is 3.32. The number of rotatable bonds is 5. The average Bonchev–Trinajstić information content (AvgIpc) is 2.50. The Balaban J connectivity index is 2.24. The van der Waals surface area contributed by atoms with E-state index in [1.54, 1.807) is 19.1 Å². The number of Topliss-reactive ketones (excluding diaryl/α,β-unsaturated/α-hetero) is 1. The van der Waals surface area contributed by atoms with Crippen molar-refractivity contribution in [3.8, 4) is 0 Å². The summed E-state index contributed by atoms with van der Waals surface area (Å²) in [5.41, 5.74) is -0.455. The van der Waals surface area contributed by atoms with E-state index in [4.69, 9.17) is 4.74 Å². The van der Waals surface area contributed by atoms with Crippen LogP contribution >= 0.6 is 0 Å². The zero-order valence-electron chi connectivity index (χ0n) is 12.4. The van der Waals surface area contributed by atoms with Gasteiger partial charge in [-0.2, -0.15) is 0 Å². The van der Waals surface area contributed by atoms with E-state index in [1.807, 2.05) is 18.2 Å². The molecule has 0 aliphatic heterocycles. The molecule has 1 aromatic carbocycles. The molecule has 1 aliphatic carbocycles. The number of benzene rings is 1. The van der Waals surface area contributed by atoms with Crippen molar-refractivity contribution in [3.63, 3.8) is 0 Å². The number of ether oxygens (including phenoxy) is 1. The predicted octanol–water partition coefficient (Wildman–Crippen LogP) is 2.80. The molecule has 4 nitrogen and oxygen atoms in total. The number of ketones is 1. The van der Waals surface area contributed by atoms with Gasteiger partial charge < -0.3 is 9.84 Å². The molecule has 1 saturated carbocycles. The molecule has 1 aliphatic rings. The summed E-state index contributed by atoms with van der Waals surface area (Å²) in [5, 5.41) is 10.4. The predicted molar refractivity (Wildman–Crippen MR) is 78.6 cm³/mol. The average molecular weight is 290 g/mol. The standard InChI is InChI=1S/C17H22O4/c1-2-21-16(20)17(11-7-6-10-15(17)19)12-14(18)13-8-4-3-5-9-13/h3-5,8-9,14,18H,2,6-7,10-12H2,1H3. The van der Waals surface area contributed by atoms with Crippen molar-refractivity contribution in [2.24, 2.45) is 5.41 Å². The van der Waals surface area contributed by atoms with Crippen LogP contribution in [0.3, 0.4) is 0 Å². The first-order chi connectivity index (χ1) is 10.1. The molecule has 0 bridgehead atoms. The van der Waals surface area contributed by atoms with Gasteiger partial charge in [0.15, 0.2) is 0 Å². The summed E-state index contributed by atoms with van der Waals surface area (Å²) in [6, 6.07) is 9.13. The Bertz CT molecular complexity index is 497. The normalized spacial score (nSPS) is 23.6. The van der Waals surface area contributed by atoms with E-state index in [0.29, 0.717) is 12.8 Å². The van der Waals surface area contributed by atoms with E-state index in [1.165, 1.54) is 0 Å². The fourth-order valence-electron chi connectivity index (χ4n) is 3.00. The summed E-state index contributed by atoms with van der Waals surface area (Å²) in [7, 11) is 0. The van der Waals surface area contributed by atoms with Crippen molar-refractivity contribution in [2.75, 3.05) is 6.61 Å². The lowest BCUT2D eigenvalue weighted by molar-refractivity contribution is -0.164. The van der Waals surface area contributed by atoms with Crippen LogP contribution in [0, 0.1) is 5.41 Å². The van der Waals surface area contributed by atoms with Gasteiger partial charge in [-0.1, -0.05) is 36.8 Å². The van der Waals surface area contributed by atoms with Crippen LogP contribution in [0.2, 0.25) is 0 Å². The van der Waals surface area contributed by atoms with E-state index in [-0.39, 0.29) is 18.8 Å². The molecule has 2 rings (SSSR count). The number of aliphatic hydroxyl groups is 1. The highest BCUT2D eigenvalue weighted by atomic mass is 16.5. The molecular formula is C17H22O4. The van der Waals surface area contributed by atoms with Gasteiger partial charge in [-0.05, 0) is 25.3 Å². The van der Waals surface area contributed by atoms with Crippen molar-refractivity contribution in [3.05, 3.63) is 35.9 Å². The monoisotopic (exact) mass is 290 g/mol. The van der Waals surface area contributed by atoms with Gasteiger partial charge >= 0.3 is 5.97 Å². The maximum absolute atomic E-state index is 12.4. The lowest BCUT2D eigenvalue weighted by atomic mass is 9.69. The van der Waals surface area contributed by atoms with Gasteiger partial charge in [0.2, 0.25) is 0 Å². The smallest absolute Gasteiger partial charge is 0.319 e. The van der Waals surface area contributed by atoms with Crippen LogP contribution in [0.25, 0.3) is 0 Å². The molecule has 1 aromatic rings. The Kier molecular flexibility index (Phi) is 5.12. The fourth-order valence-corrected chi connectivity index (χ4v) is 3.00. The van der Waals surface area contributed by atoms with Crippen molar-refractivity contribution in [1.82, 2.24) is 0 Å². The molecule has 2 atom stereocenters. The Hall–Kier alpha value is -1.68. The molecule has 0 saturated heterocycles. The minimum Gasteiger partial charge on any atom is -0.465 e. The zero-order valence-corrected chi connectivity index (χ0v) is 12.4. The van der Waals surface area contributed by atoms with E-state index in [2.05, 4.69) is 0 Å². The van der Waals surface area contributed by atoms with E-state index in [9.17, 15) is 14.7 Å². The Morgan fingerprint density at radius 3 is 2.67 bits per heavy atom. The van der Waals surface area contributed by atoms with Crippen LogP contribution in [0.1, 0.15) is 50.7 Å². The SMILES string of the molecule is CCOC(=O)C1(CC(O)c2ccccc2)CCCCC1=O. The topological polar surface area (TPSA) is 63.6 Å². The molecule has 21 heavy (non-hydrogen) atoms. The van der Waals surface area contributed by atoms with E-state index < -0.39 is 17.5 Å². The number of hydrogen-bond acceptors (Lipinski definition) is 4. The molecule has 4 heteroatoms. The summed E-state index contributed by atoms with van der Waals surface area (Å²) in [6.07, 6.45) is 1.74. The van der Waals surface area contributed by atoms with Crippen LogP contribution in [-0.4, -0.2) is 23.5 Å². The number of carbonyl (C=O) groups excluding carboxylic acids is 2. The highest BCUT2D eigenvalue weighted by molar-refractivity contribution is 6.04. The molecule has 2 unspecified atom stereocenters. The van der Waals surface area contributed by atoms with Crippen LogP contribution in [0.5, 0.6) is 0 Å². The van der Waals surface area contributed by atoms with Gasteiger partial charge in [-0.25, -0.2) is 0 Å². The van der Waals surface area contributed by atoms with Gasteiger partial charge in [-0.15, -0.1) is 0 Å². The minimum atomic E-state index is -1.18. The number of aliphatic hydroxyl groups excluding tert-OH is 1. The Labute approximate surface area is 125 Å². The summed E-state index contributed by atoms with van der Waals surface area (Å²) in [6.45, 7) is 1.97. The molecular weight excluding hydrogens is 268 g/mol. The van der Waals surface area contributed by atoms with Crippen molar-refractivity contribution >= 4 is 11.8 Å². The van der Waals surface area contributed by atoms with Gasteiger partial charge in [0, 0.05) is 12.8 Å². The molecule has 1 N–H and O–H groups in total. The highest BCUT2D eigenvalue weighted by Crippen LogP contribution is 2.41. The second kappa shape index (κ2) is 6.85. The molecule has 0 radical (unpaired) electrons. The first-order valence-corrected chi connectivity index (χ1v) is 7.53. The van der Waals surface area contributed by atoms with Gasteiger partial charge in [0.1, 0.15) is 11.2 Å². The lowest BCUT2D eigenvalue weighted by Gasteiger charge is -2.34. The second-order valence-corrected chi connectivity index (χ2v) is 5.56. The first kappa shape index (κ1) is 15.7. The van der Waals surface area contributed by atoms with E-state index >= 15 is 0 Å². The van der Waals surface area contributed by atoms with Gasteiger partial charge in [0.05, 0.1) is 12.7 Å². The van der Waals surface area contributed by atoms with Gasteiger partial charge in [-0.3, -0.25) is 9.59 Å². The summed E-state index contributed by atoms with van der Waals surface area (Å²) < 4.78 is 5.12. The molecule has 0 amide bonds. The third-order valence-corrected chi connectivity index (χ3v) is 4.18. The van der Waals surface area contributed by atoms with Crippen molar-refractivity contribution in [2.45, 2.75) is 45.1 Å². The van der Waals surface area contributed by atoms with Crippen LogP contribution < -0.4 is 0 Å². The second-order valence-electron chi connectivity index (χ2n) is 5.56. The van der Waals surface area contributed by atoms with E-state index in [0.717, 1.165) is 18.4 Å². The number of esters is 1.